The lowest BCUT2D eigenvalue weighted by atomic mass is 10.0. The predicted octanol–water partition coefficient (Wildman–Crippen LogP) is 2.89. The molecule has 0 spiro atoms. The molecule has 1 aliphatic rings. The largest absolute Gasteiger partial charge is 0.481 e. The molecular weight excluding hydrogens is 300 g/mol. The number of anilines is 1. The van der Waals surface area contributed by atoms with E-state index in [1.165, 1.54) is 11.1 Å². The summed E-state index contributed by atoms with van der Waals surface area (Å²) in [6.07, 6.45) is 3.87. The van der Waals surface area contributed by atoms with Crippen LogP contribution in [0.2, 0.25) is 0 Å². The number of nitrogens with zero attached hydrogens (tertiary/aromatic N) is 4. The van der Waals surface area contributed by atoms with Crippen molar-refractivity contribution < 1.29 is 4.74 Å². The Balaban J connectivity index is 1.57. The van der Waals surface area contributed by atoms with E-state index in [0.29, 0.717) is 11.9 Å². The van der Waals surface area contributed by atoms with E-state index >= 15 is 0 Å². The van der Waals surface area contributed by atoms with Gasteiger partial charge in [0.1, 0.15) is 12.1 Å². The van der Waals surface area contributed by atoms with E-state index in [1.807, 2.05) is 6.07 Å². The molecule has 2 aromatic rings. The number of aromatic nitrogens is 2. The molecule has 5 heteroatoms. The Kier molecular flexibility index (Phi) is 5.30. The summed E-state index contributed by atoms with van der Waals surface area (Å²) >= 11 is 0. The van der Waals surface area contributed by atoms with Crippen LogP contribution in [0.4, 0.5) is 5.82 Å². The molecule has 0 bridgehead atoms. The molecule has 24 heavy (non-hydrogen) atoms. The van der Waals surface area contributed by atoms with Crippen LogP contribution in [0.1, 0.15) is 24.0 Å². The molecular formula is C19H26N4O. The van der Waals surface area contributed by atoms with Crippen LogP contribution in [-0.2, 0) is 6.54 Å². The summed E-state index contributed by atoms with van der Waals surface area (Å²) in [6.45, 7) is 5.23. The zero-order chi connectivity index (χ0) is 16.9. The minimum absolute atomic E-state index is 0.615. The number of hydrogen-bond acceptors (Lipinski definition) is 5. The van der Waals surface area contributed by atoms with E-state index in [-0.39, 0.29) is 0 Å². The van der Waals surface area contributed by atoms with Crippen molar-refractivity contribution in [2.75, 3.05) is 32.1 Å². The van der Waals surface area contributed by atoms with Crippen molar-refractivity contribution in [1.82, 2.24) is 14.9 Å². The van der Waals surface area contributed by atoms with E-state index in [9.17, 15) is 0 Å². The topological polar surface area (TPSA) is 41.5 Å². The summed E-state index contributed by atoms with van der Waals surface area (Å²) in [6, 6.07) is 11.2. The van der Waals surface area contributed by atoms with Crippen molar-refractivity contribution in [3.05, 3.63) is 47.8 Å². The SMILES string of the molecule is COc1cc(N2CCC(N(C)Cc3ccccc3C)CC2)ncn1. The highest BCUT2D eigenvalue weighted by Crippen LogP contribution is 2.23. The Hall–Kier alpha value is -2.14. The molecule has 1 aromatic heterocycles. The van der Waals surface area contributed by atoms with Gasteiger partial charge in [-0.2, -0.15) is 0 Å². The monoisotopic (exact) mass is 326 g/mol. The van der Waals surface area contributed by atoms with Gasteiger partial charge in [-0.15, -0.1) is 0 Å². The van der Waals surface area contributed by atoms with E-state index < -0.39 is 0 Å². The van der Waals surface area contributed by atoms with Crippen molar-refractivity contribution >= 4 is 5.82 Å². The molecule has 0 N–H and O–H groups in total. The van der Waals surface area contributed by atoms with Crippen molar-refractivity contribution in [3.63, 3.8) is 0 Å². The average Bonchev–Trinajstić information content (AvgIpc) is 2.64. The van der Waals surface area contributed by atoms with Gasteiger partial charge in [0.25, 0.3) is 0 Å². The second-order valence-electron chi connectivity index (χ2n) is 6.48. The highest BCUT2D eigenvalue weighted by molar-refractivity contribution is 5.41. The quantitative estimate of drug-likeness (QED) is 0.845. The van der Waals surface area contributed by atoms with Gasteiger partial charge in [0.05, 0.1) is 7.11 Å². The van der Waals surface area contributed by atoms with Gasteiger partial charge in [0, 0.05) is 31.7 Å². The standard InChI is InChI=1S/C19H26N4O/c1-15-6-4-5-7-16(15)13-22(2)17-8-10-23(11-9-17)18-12-19(24-3)21-14-20-18/h4-7,12,14,17H,8-11,13H2,1-3H3. The third-order valence-electron chi connectivity index (χ3n) is 4.93. The molecule has 2 heterocycles. The highest BCUT2D eigenvalue weighted by atomic mass is 16.5. The van der Waals surface area contributed by atoms with E-state index in [0.717, 1.165) is 38.3 Å². The molecule has 3 rings (SSSR count). The second kappa shape index (κ2) is 7.62. The van der Waals surface area contributed by atoms with Crippen LogP contribution in [0.3, 0.4) is 0 Å². The molecule has 0 amide bonds. The summed E-state index contributed by atoms with van der Waals surface area (Å²) in [5, 5.41) is 0. The number of aryl methyl sites for hydroxylation is 1. The maximum Gasteiger partial charge on any atom is 0.218 e. The first kappa shape index (κ1) is 16.7. The maximum atomic E-state index is 5.20. The van der Waals surface area contributed by atoms with E-state index in [4.69, 9.17) is 4.74 Å². The van der Waals surface area contributed by atoms with Gasteiger partial charge in [0.15, 0.2) is 0 Å². The van der Waals surface area contributed by atoms with Crippen molar-refractivity contribution in [2.24, 2.45) is 0 Å². The zero-order valence-corrected chi connectivity index (χ0v) is 14.8. The fourth-order valence-electron chi connectivity index (χ4n) is 3.34. The minimum atomic E-state index is 0.615. The lowest BCUT2D eigenvalue weighted by Crippen LogP contribution is -2.43. The number of ether oxygens (including phenoxy) is 1. The lowest BCUT2D eigenvalue weighted by Gasteiger charge is -2.37. The summed E-state index contributed by atoms with van der Waals surface area (Å²) < 4.78 is 5.20. The fraction of sp³-hybridized carbons (Fsp3) is 0.474. The van der Waals surface area contributed by atoms with Crippen molar-refractivity contribution in [3.8, 4) is 5.88 Å². The first-order chi connectivity index (χ1) is 11.7. The predicted molar refractivity (Wildman–Crippen MR) is 96.5 cm³/mol. The van der Waals surface area contributed by atoms with Crippen LogP contribution in [-0.4, -0.2) is 48.2 Å². The number of rotatable bonds is 5. The Labute approximate surface area is 144 Å². The van der Waals surface area contributed by atoms with Gasteiger partial charge in [-0.1, -0.05) is 24.3 Å². The van der Waals surface area contributed by atoms with Crippen LogP contribution < -0.4 is 9.64 Å². The van der Waals surface area contributed by atoms with Crippen LogP contribution >= 0.6 is 0 Å². The number of hydrogen-bond donors (Lipinski definition) is 0. The maximum absolute atomic E-state index is 5.20. The molecule has 0 radical (unpaired) electrons. The van der Waals surface area contributed by atoms with E-state index in [1.54, 1.807) is 13.4 Å². The van der Waals surface area contributed by atoms with Gasteiger partial charge in [-0.25, -0.2) is 9.97 Å². The molecule has 1 fully saturated rings. The summed E-state index contributed by atoms with van der Waals surface area (Å²) in [5.41, 5.74) is 2.79. The molecule has 0 saturated carbocycles. The number of benzene rings is 1. The molecule has 0 aliphatic carbocycles. The molecule has 1 saturated heterocycles. The highest BCUT2D eigenvalue weighted by Gasteiger charge is 2.23. The first-order valence-corrected chi connectivity index (χ1v) is 8.53. The molecule has 1 aliphatic heterocycles. The van der Waals surface area contributed by atoms with Crippen LogP contribution in [0, 0.1) is 6.92 Å². The summed E-state index contributed by atoms with van der Waals surface area (Å²) in [5.74, 6) is 1.58. The summed E-state index contributed by atoms with van der Waals surface area (Å²) in [7, 11) is 3.87. The van der Waals surface area contributed by atoms with Crippen LogP contribution in [0.5, 0.6) is 5.88 Å². The van der Waals surface area contributed by atoms with Gasteiger partial charge in [-0.05, 0) is 37.9 Å². The van der Waals surface area contributed by atoms with Gasteiger partial charge < -0.3 is 9.64 Å². The molecule has 128 valence electrons. The van der Waals surface area contributed by atoms with Crippen molar-refractivity contribution in [2.45, 2.75) is 32.4 Å². The Morgan fingerprint density at radius 1 is 1.21 bits per heavy atom. The van der Waals surface area contributed by atoms with Gasteiger partial charge in [-0.3, -0.25) is 4.90 Å². The van der Waals surface area contributed by atoms with Gasteiger partial charge >= 0.3 is 0 Å². The van der Waals surface area contributed by atoms with E-state index in [2.05, 4.69) is 58.0 Å². The number of piperidine rings is 1. The smallest absolute Gasteiger partial charge is 0.218 e. The molecule has 0 unspecified atom stereocenters. The second-order valence-corrected chi connectivity index (χ2v) is 6.48. The third-order valence-corrected chi connectivity index (χ3v) is 4.93. The molecule has 1 aromatic carbocycles. The Bertz CT molecular complexity index is 668. The fourth-order valence-corrected chi connectivity index (χ4v) is 3.34. The Morgan fingerprint density at radius 3 is 2.67 bits per heavy atom. The average molecular weight is 326 g/mol. The van der Waals surface area contributed by atoms with Crippen molar-refractivity contribution in [1.29, 1.82) is 0 Å². The summed E-state index contributed by atoms with van der Waals surface area (Å²) in [4.78, 5) is 13.3. The zero-order valence-electron chi connectivity index (χ0n) is 14.8. The number of methoxy groups -OCH3 is 1. The molecule has 0 atom stereocenters. The van der Waals surface area contributed by atoms with Crippen LogP contribution in [0.25, 0.3) is 0 Å². The van der Waals surface area contributed by atoms with Gasteiger partial charge in [0.2, 0.25) is 5.88 Å². The third kappa shape index (κ3) is 3.85. The first-order valence-electron chi connectivity index (χ1n) is 8.53. The minimum Gasteiger partial charge on any atom is -0.481 e. The van der Waals surface area contributed by atoms with Crippen LogP contribution in [0.15, 0.2) is 36.7 Å². The Morgan fingerprint density at radius 2 is 1.96 bits per heavy atom. The molecule has 5 nitrogen and oxygen atoms in total. The normalized spacial score (nSPS) is 15.8. The lowest BCUT2D eigenvalue weighted by molar-refractivity contribution is 0.200.